The minimum absolute atomic E-state index is 0.465. The van der Waals surface area contributed by atoms with E-state index in [-0.39, 0.29) is 0 Å². The summed E-state index contributed by atoms with van der Waals surface area (Å²) in [5, 5.41) is 0. The van der Waals surface area contributed by atoms with Gasteiger partial charge in [-0.2, -0.15) is 0 Å². The Morgan fingerprint density at radius 2 is 1.75 bits per heavy atom. The number of hydrogen-bond acceptors (Lipinski definition) is 2. The van der Waals surface area contributed by atoms with Gasteiger partial charge in [-0.25, -0.2) is 0 Å². The van der Waals surface area contributed by atoms with Crippen LogP contribution in [0, 0.1) is 0 Å². The average Bonchev–Trinajstić information content (AvgIpc) is 2.33. The summed E-state index contributed by atoms with van der Waals surface area (Å²) < 4.78 is 11.2. The second-order valence-electron chi connectivity index (χ2n) is 3.60. The van der Waals surface area contributed by atoms with Crippen molar-refractivity contribution in [3.63, 3.8) is 0 Å². The SMILES string of the molecule is CCCOc1ccc(CCl)c(OCCC)c1. The summed E-state index contributed by atoms with van der Waals surface area (Å²) >= 11 is 5.85. The van der Waals surface area contributed by atoms with Crippen LogP contribution in [0.3, 0.4) is 0 Å². The van der Waals surface area contributed by atoms with Crippen molar-refractivity contribution < 1.29 is 9.47 Å². The molecule has 16 heavy (non-hydrogen) atoms. The Morgan fingerprint density at radius 1 is 1.06 bits per heavy atom. The second kappa shape index (κ2) is 7.39. The predicted molar refractivity (Wildman–Crippen MR) is 67.6 cm³/mol. The predicted octanol–water partition coefficient (Wildman–Crippen LogP) is 4.00. The first-order chi connectivity index (χ1) is 7.81. The van der Waals surface area contributed by atoms with Crippen molar-refractivity contribution in [1.82, 2.24) is 0 Å². The van der Waals surface area contributed by atoms with E-state index in [9.17, 15) is 0 Å². The van der Waals surface area contributed by atoms with E-state index in [4.69, 9.17) is 21.1 Å². The third-order valence-corrected chi connectivity index (χ3v) is 2.41. The first-order valence-electron chi connectivity index (χ1n) is 5.76. The minimum Gasteiger partial charge on any atom is -0.493 e. The Kier molecular flexibility index (Phi) is 6.09. The molecule has 0 aliphatic carbocycles. The Hall–Kier alpha value is -0.890. The molecule has 0 unspecified atom stereocenters. The van der Waals surface area contributed by atoms with Crippen molar-refractivity contribution in [2.75, 3.05) is 13.2 Å². The maximum Gasteiger partial charge on any atom is 0.127 e. The molecule has 0 fully saturated rings. The molecule has 2 nitrogen and oxygen atoms in total. The van der Waals surface area contributed by atoms with Gasteiger partial charge in [-0.3, -0.25) is 0 Å². The Labute approximate surface area is 103 Å². The standard InChI is InChI=1S/C13H19ClO2/c1-3-7-15-12-6-5-11(10-14)13(9-12)16-8-4-2/h5-6,9H,3-4,7-8,10H2,1-2H3. The Bertz CT molecular complexity index is 313. The number of alkyl halides is 1. The number of benzene rings is 1. The minimum atomic E-state index is 0.465. The molecule has 0 aromatic heterocycles. The van der Waals surface area contributed by atoms with E-state index in [0.29, 0.717) is 12.5 Å². The van der Waals surface area contributed by atoms with E-state index >= 15 is 0 Å². The lowest BCUT2D eigenvalue weighted by molar-refractivity contribution is 0.300. The van der Waals surface area contributed by atoms with Crippen molar-refractivity contribution in [2.24, 2.45) is 0 Å². The summed E-state index contributed by atoms with van der Waals surface area (Å²) in [6.45, 7) is 5.61. The van der Waals surface area contributed by atoms with Gasteiger partial charge in [-0.1, -0.05) is 19.9 Å². The summed E-state index contributed by atoms with van der Waals surface area (Å²) in [6, 6.07) is 5.82. The van der Waals surface area contributed by atoms with E-state index in [1.807, 2.05) is 18.2 Å². The lowest BCUT2D eigenvalue weighted by Crippen LogP contribution is -2.00. The van der Waals surface area contributed by atoms with Gasteiger partial charge in [0, 0.05) is 11.6 Å². The third kappa shape index (κ3) is 3.93. The van der Waals surface area contributed by atoms with Crippen molar-refractivity contribution in [3.05, 3.63) is 23.8 Å². The van der Waals surface area contributed by atoms with E-state index in [2.05, 4.69) is 13.8 Å². The molecule has 1 rings (SSSR count). The van der Waals surface area contributed by atoms with Gasteiger partial charge in [0.1, 0.15) is 11.5 Å². The quantitative estimate of drug-likeness (QED) is 0.673. The Morgan fingerprint density at radius 3 is 2.38 bits per heavy atom. The highest BCUT2D eigenvalue weighted by Gasteiger charge is 2.04. The fourth-order valence-corrected chi connectivity index (χ4v) is 1.52. The fraction of sp³-hybridized carbons (Fsp3) is 0.538. The molecule has 0 radical (unpaired) electrons. The Balaban J connectivity index is 2.74. The molecule has 0 spiro atoms. The van der Waals surface area contributed by atoms with Crippen LogP contribution in [0.2, 0.25) is 0 Å². The lowest BCUT2D eigenvalue weighted by Gasteiger charge is -2.11. The summed E-state index contributed by atoms with van der Waals surface area (Å²) in [6.07, 6.45) is 1.99. The molecular weight excluding hydrogens is 224 g/mol. The van der Waals surface area contributed by atoms with Crippen LogP contribution in [-0.4, -0.2) is 13.2 Å². The van der Waals surface area contributed by atoms with Crippen molar-refractivity contribution in [2.45, 2.75) is 32.6 Å². The van der Waals surface area contributed by atoms with E-state index < -0.39 is 0 Å². The topological polar surface area (TPSA) is 18.5 Å². The maximum absolute atomic E-state index is 5.85. The van der Waals surface area contributed by atoms with Crippen molar-refractivity contribution >= 4 is 11.6 Å². The first kappa shape index (κ1) is 13.2. The molecule has 0 aliphatic rings. The van der Waals surface area contributed by atoms with Gasteiger partial charge in [0.15, 0.2) is 0 Å². The monoisotopic (exact) mass is 242 g/mol. The molecule has 0 N–H and O–H groups in total. The van der Waals surface area contributed by atoms with Gasteiger partial charge >= 0.3 is 0 Å². The lowest BCUT2D eigenvalue weighted by atomic mass is 10.2. The molecule has 0 aliphatic heterocycles. The van der Waals surface area contributed by atoms with E-state index in [1.165, 1.54) is 0 Å². The van der Waals surface area contributed by atoms with Gasteiger partial charge in [0.05, 0.1) is 19.1 Å². The average molecular weight is 243 g/mol. The van der Waals surface area contributed by atoms with Crippen LogP contribution in [0.1, 0.15) is 32.3 Å². The zero-order valence-corrected chi connectivity index (χ0v) is 10.7. The summed E-state index contributed by atoms with van der Waals surface area (Å²) in [5.41, 5.74) is 1.01. The molecule has 1 aromatic rings. The molecule has 0 bridgehead atoms. The highest BCUT2D eigenvalue weighted by atomic mass is 35.5. The zero-order valence-electron chi connectivity index (χ0n) is 9.96. The molecule has 0 saturated heterocycles. The number of hydrogen-bond donors (Lipinski definition) is 0. The highest BCUT2D eigenvalue weighted by molar-refractivity contribution is 6.17. The third-order valence-electron chi connectivity index (χ3n) is 2.12. The molecule has 0 heterocycles. The zero-order chi connectivity index (χ0) is 11.8. The van der Waals surface area contributed by atoms with Crippen LogP contribution >= 0.6 is 11.6 Å². The second-order valence-corrected chi connectivity index (χ2v) is 3.87. The van der Waals surface area contributed by atoms with E-state index in [0.717, 1.165) is 36.5 Å². The van der Waals surface area contributed by atoms with Gasteiger partial charge in [0.25, 0.3) is 0 Å². The van der Waals surface area contributed by atoms with Gasteiger partial charge in [-0.15, -0.1) is 11.6 Å². The smallest absolute Gasteiger partial charge is 0.127 e. The van der Waals surface area contributed by atoms with Crippen LogP contribution in [0.15, 0.2) is 18.2 Å². The molecule has 90 valence electrons. The number of ether oxygens (including phenoxy) is 2. The summed E-state index contributed by atoms with van der Waals surface area (Å²) in [7, 11) is 0. The first-order valence-corrected chi connectivity index (χ1v) is 6.29. The summed E-state index contributed by atoms with van der Waals surface area (Å²) in [4.78, 5) is 0. The van der Waals surface area contributed by atoms with Gasteiger partial charge in [0.2, 0.25) is 0 Å². The van der Waals surface area contributed by atoms with Crippen LogP contribution in [0.4, 0.5) is 0 Å². The van der Waals surface area contributed by atoms with Crippen LogP contribution < -0.4 is 9.47 Å². The van der Waals surface area contributed by atoms with Gasteiger partial charge < -0.3 is 9.47 Å². The highest BCUT2D eigenvalue weighted by Crippen LogP contribution is 2.26. The number of halogens is 1. The summed E-state index contributed by atoms with van der Waals surface area (Å²) in [5.74, 6) is 2.15. The molecule has 0 saturated carbocycles. The van der Waals surface area contributed by atoms with Crippen LogP contribution in [-0.2, 0) is 5.88 Å². The number of rotatable bonds is 7. The van der Waals surface area contributed by atoms with Crippen molar-refractivity contribution in [1.29, 1.82) is 0 Å². The molecule has 3 heteroatoms. The van der Waals surface area contributed by atoms with Crippen LogP contribution in [0.5, 0.6) is 11.5 Å². The largest absolute Gasteiger partial charge is 0.493 e. The van der Waals surface area contributed by atoms with Gasteiger partial charge in [-0.05, 0) is 18.9 Å². The molecule has 1 aromatic carbocycles. The molecule has 0 amide bonds. The van der Waals surface area contributed by atoms with E-state index in [1.54, 1.807) is 0 Å². The molecule has 0 atom stereocenters. The van der Waals surface area contributed by atoms with Crippen LogP contribution in [0.25, 0.3) is 0 Å². The maximum atomic E-state index is 5.85. The molecular formula is C13H19ClO2. The fourth-order valence-electron chi connectivity index (χ4n) is 1.30. The normalized spacial score (nSPS) is 10.2. The van der Waals surface area contributed by atoms with Crippen molar-refractivity contribution in [3.8, 4) is 11.5 Å².